The third kappa shape index (κ3) is 6.17. The fourth-order valence-corrected chi connectivity index (χ4v) is 2.86. The Bertz CT molecular complexity index is 253. The smallest absolute Gasteiger partial charge is 1.00 e. The van der Waals surface area contributed by atoms with E-state index in [0.29, 0.717) is 12.5 Å². The predicted molar refractivity (Wildman–Crippen MR) is 52.0 cm³/mol. The van der Waals surface area contributed by atoms with Crippen LogP contribution in [0.3, 0.4) is 0 Å². The molecule has 14 heavy (non-hydrogen) atoms. The Morgan fingerprint density at radius 1 is 1.21 bits per heavy atom. The normalized spacial score (nSPS) is 28.1. The first-order chi connectivity index (χ1) is 6.01. The molecule has 1 aliphatic rings. The zero-order valence-electron chi connectivity index (χ0n) is 9.65. The Balaban J connectivity index is 0. The zero-order valence-corrected chi connectivity index (χ0v) is 12.6. The molecule has 0 unspecified atom stereocenters. The second-order valence-electron chi connectivity index (χ2n) is 3.87. The van der Waals surface area contributed by atoms with Gasteiger partial charge in [-0.05, 0) is 44.1 Å². The van der Waals surface area contributed by atoms with E-state index in [2.05, 4.69) is 0 Å². The molecule has 1 saturated carbocycles. The molecule has 1 aliphatic carbocycles. The molecular formula is C8H18KNO3S. The van der Waals surface area contributed by atoms with Gasteiger partial charge in [0.2, 0.25) is 0 Å². The first-order valence-corrected chi connectivity index (χ1v) is 6.27. The van der Waals surface area contributed by atoms with Crippen molar-refractivity contribution in [1.82, 2.24) is 0 Å². The fraction of sp³-hybridized carbons (Fsp3) is 1.00. The van der Waals surface area contributed by atoms with Crippen LogP contribution in [0.2, 0.25) is 0 Å². The summed E-state index contributed by atoms with van der Waals surface area (Å²) in [5, 5.41) is 0. The Kier molecular flexibility index (Phi) is 7.70. The molecule has 0 spiro atoms. The summed E-state index contributed by atoms with van der Waals surface area (Å²) in [5.74, 6) is 0.611. The molecule has 0 heterocycles. The van der Waals surface area contributed by atoms with Crippen LogP contribution in [0, 0.1) is 11.8 Å². The van der Waals surface area contributed by atoms with Crippen molar-refractivity contribution in [2.75, 3.05) is 12.3 Å². The van der Waals surface area contributed by atoms with E-state index in [0.717, 1.165) is 25.7 Å². The molecule has 0 amide bonds. The van der Waals surface area contributed by atoms with E-state index in [9.17, 15) is 8.42 Å². The van der Waals surface area contributed by atoms with Crippen molar-refractivity contribution in [2.45, 2.75) is 25.7 Å². The summed E-state index contributed by atoms with van der Waals surface area (Å²) in [4.78, 5) is 0. The van der Waals surface area contributed by atoms with Crippen molar-refractivity contribution in [3.8, 4) is 0 Å². The summed E-state index contributed by atoms with van der Waals surface area (Å²) in [7, 11) is -3.78. The number of hydrogen-bond acceptors (Lipinski definition) is 3. The topological polar surface area (TPSA) is 80.4 Å². The Labute approximate surface area is 130 Å². The van der Waals surface area contributed by atoms with E-state index in [1.807, 2.05) is 0 Å². The molecule has 80 valence electrons. The van der Waals surface area contributed by atoms with Gasteiger partial charge in [0.25, 0.3) is 10.1 Å². The quantitative estimate of drug-likeness (QED) is 0.436. The number of hydrogen-bond donors (Lipinski definition) is 2. The van der Waals surface area contributed by atoms with E-state index in [4.69, 9.17) is 10.3 Å². The fourth-order valence-electron chi connectivity index (χ4n) is 1.93. The van der Waals surface area contributed by atoms with Gasteiger partial charge in [-0.2, -0.15) is 8.42 Å². The van der Waals surface area contributed by atoms with Crippen LogP contribution in [-0.4, -0.2) is 25.3 Å². The Hall–Kier alpha value is 1.51. The van der Waals surface area contributed by atoms with Gasteiger partial charge in [-0.15, -0.1) is 0 Å². The van der Waals surface area contributed by atoms with Gasteiger partial charge in [0.15, 0.2) is 0 Å². The minimum absolute atomic E-state index is 0. The van der Waals surface area contributed by atoms with Gasteiger partial charge in [0.05, 0.1) is 5.75 Å². The van der Waals surface area contributed by atoms with Crippen molar-refractivity contribution in [2.24, 2.45) is 17.6 Å². The van der Waals surface area contributed by atoms with Crippen molar-refractivity contribution < 1.29 is 65.8 Å². The maximum Gasteiger partial charge on any atom is 1.00 e. The number of nitrogens with two attached hydrogens (primary N) is 1. The van der Waals surface area contributed by atoms with Crippen LogP contribution in [-0.2, 0) is 10.1 Å². The maximum atomic E-state index is 10.6. The van der Waals surface area contributed by atoms with Crippen molar-refractivity contribution >= 4 is 10.1 Å². The van der Waals surface area contributed by atoms with Crippen molar-refractivity contribution in [3.05, 3.63) is 0 Å². The van der Waals surface area contributed by atoms with E-state index < -0.39 is 10.1 Å². The summed E-state index contributed by atoms with van der Waals surface area (Å²) < 4.78 is 29.8. The average molecular weight is 247 g/mol. The summed E-state index contributed by atoms with van der Waals surface area (Å²) in [6, 6.07) is 0. The molecule has 0 aliphatic heterocycles. The molecule has 0 atom stereocenters. The summed E-state index contributed by atoms with van der Waals surface area (Å²) in [6.45, 7) is 0.693. The van der Waals surface area contributed by atoms with Gasteiger partial charge < -0.3 is 7.16 Å². The van der Waals surface area contributed by atoms with E-state index in [-0.39, 0.29) is 64.5 Å². The minimum Gasteiger partial charge on any atom is -1.00 e. The molecular weight excluding hydrogens is 229 g/mol. The first-order valence-electron chi connectivity index (χ1n) is 4.66. The monoisotopic (exact) mass is 247 g/mol. The standard InChI is InChI=1S/C8H17NO3S.K.H/c9-5-7-1-3-8(4-2-7)6-13(10,11)12;;/h7-8H,1-6,9H2,(H,10,11,12);;/q;+1;-1. The third-order valence-electron chi connectivity index (χ3n) is 2.75. The predicted octanol–water partition coefficient (Wildman–Crippen LogP) is -2.24. The van der Waals surface area contributed by atoms with Crippen LogP contribution in [0.15, 0.2) is 0 Å². The van der Waals surface area contributed by atoms with Crippen molar-refractivity contribution in [1.29, 1.82) is 0 Å². The van der Waals surface area contributed by atoms with Gasteiger partial charge in [-0.3, -0.25) is 4.55 Å². The number of rotatable bonds is 3. The Morgan fingerprint density at radius 3 is 2.00 bits per heavy atom. The van der Waals surface area contributed by atoms with Gasteiger partial charge in [0, 0.05) is 0 Å². The van der Waals surface area contributed by atoms with Crippen molar-refractivity contribution in [3.63, 3.8) is 0 Å². The first kappa shape index (κ1) is 15.5. The molecule has 0 saturated heterocycles. The Morgan fingerprint density at radius 2 is 1.64 bits per heavy atom. The molecule has 0 radical (unpaired) electrons. The largest absolute Gasteiger partial charge is 1.00 e. The van der Waals surface area contributed by atoms with Crippen LogP contribution < -0.4 is 57.1 Å². The van der Waals surface area contributed by atoms with E-state index >= 15 is 0 Å². The van der Waals surface area contributed by atoms with Crippen LogP contribution in [0.1, 0.15) is 27.1 Å². The summed E-state index contributed by atoms with van der Waals surface area (Å²) >= 11 is 0. The molecule has 1 rings (SSSR count). The molecule has 1 fully saturated rings. The molecule has 0 aromatic rings. The SMILES string of the molecule is NCC1CCC(CS(=O)(=O)O)CC1.[H-].[K+]. The zero-order chi connectivity index (χ0) is 9.90. The van der Waals surface area contributed by atoms with Crippen LogP contribution in [0.5, 0.6) is 0 Å². The maximum absolute atomic E-state index is 10.6. The van der Waals surface area contributed by atoms with Gasteiger partial charge >= 0.3 is 51.4 Å². The van der Waals surface area contributed by atoms with E-state index in [1.54, 1.807) is 0 Å². The molecule has 4 nitrogen and oxygen atoms in total. The summed E-state index contributed by atoms with van der Waals surface area (Å²) in [5.41, 5.74) is 5.51. The average Bonchev–Trinajstić information content (AvgIpc) is 2.03. The molecule has 3 N–H and O–H groups in total. The van der Waals surface area contributed by atoms with E-state index in [1.165, 1.54) is 0 Å². The molecule has 6 heteroatoms. The van der Waals surface area contributed by atoms with Gasteiger partial charge in [0.1, 0.15) is 0 Å². The third-order valence-corrected chi connectivity index (χ3v) is 3.64. The summed E-state index contributed by atoms with van der Waals surface area (Å²) in [6.07, 6.45) is 3.75. The van der Waals surface area contributed by atoms with Gasteiger partial charge in [-0.25, -0.2) is 0 Å². The van der Waals surface area contributed by atoms with Crippen LogP contribution in [0.4, 0.5) is 0 Å². The second-order valence-corrected chi connectivity index (χ2v) is 5.37. The minimum atomic E-state index is -3.78. The van der Waals surface area contributed by atoms with Gasteiger partial charge in [-0.1, -0.05) is 0 Å². The van der Waals surface area contributed by atoms with Crippen LogP contribution in [0.25, 0.3) is 0 Å². The second kappa shape index (κ2) is 6.95. The molecule has 0 aromatic carbocycles. The molecule has 0 aromatic heterocycles. The van der Waals surface area contributed by atoms with Crippen LogP contribution >= 0.6 is 0 Å². The molecule has 0 bridgehead atoms.